The van der Waals surface area contributed by atoms with E-state index in [1.54, 1.807) is 0 Å². The summed E-state index contributed by atoms with van der Waals surface area (Å²) in [6.07, 6.45) is 0.630. The lowest BCUT2D eigenvalue weighted by Crippen LogP contribution is -2.46. The second-order valence-electron chi connectivity index (χ2n) is 3.42. The van der Waals surface area contributed by atoms with Crippen LogP contribution in [0.15, 0.2) is 0 Å². The average molecular weight is 201 g/mol. The number of amides is 3. The maximum absolute atomic E-state index is 11.5. The molecule has 3 amide bonds. The van der Waals surface area contributed by atoms with E-state index in [2.05, 4.69) is 5.32 Å². The van der Waals surface area contributed by atoms with E-state index in [-0.39, 0.29) is 18.0 Å². The summed E-state index contributed by atoms with van der Waals surface area (Å²) in [6.45, 7) is 5.91. The minimum atomic E-state index is -0.346. The molecule has 14 heavy (non-hydrogen) atoms. The zero-order valence-corrected chi connectivity index (χ0v) is 9.04. The van der Waals surface area contributed by atoms with Gasteiger partial charge in [-0.2, -0.15) is 0 Å². The van der Waals surface area contributed by atoms with Gasteiger partial charge in [-0.25, -0.2) is 4.79 Å². The molecule has 0 aliphatic heterocycles. The Labute approximate surface area is 84.6 Å². The van der Waals surface area contributed by atoms with Crippen molar-refractivity contribution >= 4 is 11.9 Å². The van der Waals surface area contributed by atoms with Crippen molar-refractivity contribution in [1.29, 1.82) is 0 Å². The van der Waals surface area contributed by atoms with Crippen molar-refractivity contribution in [2.75, 3.05) is 13.1 Å². The molecule has 0 radical (unpaired) electrons. The zero-order chi connectivity index (χ0) is 11.1. The van der Waals surface area contributed by atoms with Gasteiger partial charge >= 0.3 is 6.03 Å². The number of carbonyl (C=O) groups is 2. The summed E-state index contributed by atoms with van der Waals surface area (Å²) >= 11 is 0. The molecule has 0 atom stereocenters. The van der Waals surface area contributed by atoms with Crippen molar-refractivity contribution in [2.24, 2.45) is 5.73 Å². The standard InChI is InChI=1S/C9H19N3O2/c1-7(2)11-9(14)12(8(3)13)6-4-5-10/h7H,4-6,10H2,1-3H3,(H,11,14). The van der Waals surface area contributed by atoms with Crippen LogP contribution in [-0.4, -0.2) is 36.0 Å². The highest BCUT2D eigenvalue weighted by Crippen LogP contribution is 1.94. The first kappa shape index (κ1) is 12.9. The molecule has 82 valence electrons. The van der Waals surface area contributed by atoms with Crippen LogP contribution >= 0.6 is 0 Å². The predicted octanol–water partition coefficient (Wildman–Crippen LogP) is 0.302. The SMILES string of the molecule is CC(=O)N(CCCN)C(=O)NC(C)C. The summed E-state index contributed by atoms with van der Waals surface area (Å²) in [4.78, 5) is 23.7. The first-order chi connectivity index (χ1) is 6.49. The first-order valence-electron chi connectivity index (χ1n) is 4.77. The summed E-state index contributed by atoms with van der Waals surface area (Å²) in [5.74, 6) is -0.253. The van der Waals surface area contributed by atoms with Gasteiger partial charge in [0.1, 0.15) is 0 Å². The average Bonchev–Trinajstić information content (AvgIpc) is 2.02. The highest BCUT2D eigenvalue weighted by molar-refractivity contribution is 5.93. The number of rotatable bonds is 4. The van der Waals surface area contributed by atoms with Gasteiger partial charge in [0.2, 0.25) is 5.91 Å². The Morgan fingerprint density at radius 2 is 2.00 bits per heavy atom. The van der Waals surface area contributed by atoms with Gasteiger partial charge in [-0.15, -0.1) is 0 Å². The van der Waals surface area contributed by atoms with Crippen LogP contribution in [0.2, 0.25) is 0 Å². The van der Waals surface area contributed by atoms with Gasteiger partial charge in [0, 0.05) is 19.5 Å². The number of urea groups is 1. The third-order valence-electron chi connectivity index (χ3n) is 1.62. The molecule has 0 aromatic heterocycles. The summed E-state index contributed by atoms with van der Waals surface area (Å²) < 4.78 is 0. The Bertz CT molecular complexity index is 204. The number of imide groups is 1. The number of carbonyl (C=O) groups excluding carboxylic acids is 2. The zero-order valence-electron chi connectivity index (χ0n) is 9.04. The molecule has 0 unspecified atom stereocenters. The molecule has 5 heteroatoms. The molecule has 0 fully saturated rings. The van der Waals surface area contributed by atoms with Crippen molar-refractivity contribution in [3.05, 3.63) is 0 Å². The van der Waals surface area contributed by atoms with Crippen LogP contribution in [0.3, 0.4) is 0 Å². The summed E-state index contributed by atoms with van der Waals surface area (Å²) in [6, 6.07) is -0.317. The van der Waals surface area contributed by atoms with Gasteiger partial charge < -0.3 is 11.1 Å². The Morgan fingerprint density at radius 3 is 2.36 bits per heavy atom. The molecule has 0 saturated carbocycles. The van der Waals surface area contributed by atoms with Crippen LogP contribution < -0.4 is 11.1 Å². The van der Waals surface area contributed by atoms with E-state index in [9.17, 15) is 9.59 Å². The minimum Gasteiger partial charge on any atom is -0.335 e. The summed E-state index contributed by atoms with van der Waals surface area (Å²) in [5, 5.41) is 2.66. The van der Waals surface area contributed by atoms with Crippen LogP contribution in [-0.2, 0) is 4.79 Å². The molecule has 0 aromatic carbocycles. The predicted molar refractivity (Wildman–Crippen MR) is 54.7 cm³/mol. The molecule has 0 heterocycles. The van der Waals surface area contributed by atoms with E-state index in [0.717, 1.165) is 0 Å². The largest absolute Gasteiger partial charge is 0.335 e. The third kappa shape index (κ3) is 4.81. The number of nitrogens with one attached hydrogen (secondary N) is 1. The number of nitrogens with zero attached hydrogens (tertiary/aromatic N) is 1. The fraction of sp³-hybridized carbons (Fsp3) is 0.778. The molecule has 0 aliphatic rings. The van der Waals surface area contributed by atoms with Gasteiger partial charge in [-0.05, 0) is 26.8 Å². The van der Waals surface area contributed by atoms with Gasteiger partial charge in [0.25, 0.3) is 0 Å². The molecule has 0 aliphatic carbocycles. The smallest absolute Gasteiger partial charge is 0.324 e. The second-order valence-corrected chi connectivity index (χ2v) is 3.42. The van der Waals surface area contributed by atoms with Crippen molar-refractivity contribution in [2.45, 2.75) is 33.2 Å². The van der Waals surface area contributed by atoms with Gasteiger partial charge in [-0.3, -0.25) is 9.69 Å². The lowest BCUT2D eigenvalue weighted by atomic mass is 10.3. The molecular weight excluding hydrogens is 182 g/mol. The molecule has 0 saturated heterocycles. The third-order valence-corrected chi connectivity index (χ3v) is 1.62. The fourth-order valence-electron chi connectivity index (χ4n) is 0.976. The number of hydrogen-bond donors (Lipinski definition) is 2. The van der Waals surface area contributed by atoms with Crippen LogP contribution in [0.1, 0.15) is 27.2 Å². The lowest BCUT2D eigenvalue weighted by molar-refractivity contribution is -0.126. The minimum absolute atomic E-state index is 0.0298. The maximum Gasteiger partial charge on any atom is 0.324 e. The van der Waals surface area contributed by atoms with Gasteiger partial charge in [0.15, 0.2) is 0 Å². The van der Waals surface area contributed by atoms with Crippen LogP contribution in [0.4, 0.5) is 4.79 Å². The Kier molecular flexibility index (Phi) is 5.87. The van der Waals surface area contributed by atoms with E-state index >= 15 is 0 Å². The molecule has 5 nitrogen and oxygen atoms in total. The maximum atomic E-state index is 11.5. The summed E-state index contributed by atoms with van der Waals surface area (Å²) in [7, 11) is 0. The highest BCUT2D eigenvalue weighted by Gasteiger charge is 2.17. The molecule has 0 spiro atoms. The van der Waals surface area contributed by atoms with E-state index in [4.69, 9.17) is 5.73 Å². The summed E-state index contributed by atoms with van der Waals surface area (Å²) in [5.41, 5.74) is 5.31. The van der Waals surface area contributed by atoms with Gasteiger partial charge in [-0.1, -0.05) is 0 Å². The fourth-order valence-corrected chi connectivity index (χ4v) is 0.976. The van der Waals surface area contributed by atoms with Crippen LogP contribution in [0.25, 0.3) is 0 Å². The van der Waals surface area contributed by atoms with Crippen LogP contribution in [0.5, 0.6) is 0 Å². The molecular formula is C9H19N3O2. The first-order valence-corrected chi connectivity index (χ1v) is 4.77. The Morgan fingerprint density at radius 1 is 1.43 bits per heavy atom. The van der Waals surface area contributed by atoms with Crippen molar-refractivity contribution in [3.8, 4) is 0 Å². The number of hydrogen-bond acceptors (Lipinski definition) is 3. The van der Waals surface area contributed by atoms with Crippen molar-refractivity contribution in [3.63, 3.8) is 0 Å². The van der Waals surface area contributed by atoms with Crippen molar-refractivity contribution < 1.29 is 9.59 Å². The monoisotopic (exact) mass is 201 g/mol. The Balaban J connectivity index is 4.19. The van der Waals surface area contributed by atoms with E-state index in [0.29, 0.717) is 19.5 Å². The topological polar surface area (TPSA) is 75.4 Å². The van der Waals surface area contributed by atoms with Crippen LogP contribution in [0, 0.1) is 0 Å². The number of nitrogens with two attached hydrogens (primary N) is 1. The molecule has 0 rings (SSSR count). The normalized spacial score (nSPS) is 10.1. The van der Waals surface area contributed by atoms with E-state index in [1.807, 2.05) is 13.8 Å². The quantitative estimate of drug-likeness (QED) is 0.687. The molecule has 0 bridgehead atoms. The van der Waals surface area contributed by atoms with Gasteiger partial charge in [0.05, 0.1) is 0 Å². The van der Waals surface area contributed by atoms with E-state index < -0.39 is 0 Å². The lowest BCUT2D eigenvalue weighted by Gasteiger charge is -2.20. The Hall–Kier alpha value is -1.10. The molecule has 3 N–H and O–H groups in total. The highest BCUT2D eigenvalue weighted by atomic mass is 16.2. The molecule has 0 aromatic rings. The van der Waals surface area contributed by atoms with Crippen molar-refractivity contribution in [1.82, 2.24) is 10.2 Å². The van der Waals surface area contributed by atoms with E-state index in [1.165, 1.54) is 11.8 Å². The second kappa shape index (κ2) is 6.37.